The zero-order valence-corrected chi connectivity index (χ0v) is 12.8. The summed E-state index contributed by atoms with van der Waals surface area (Å²) in [5.41, 5.74) is 1.41. The first-order chi connectivity index (χ1) is 10.7. The van der Waals surface area contributed by atoms with Crippen LogP contribution in [0.25, 0.3) is 22.3 Å². The minimum Gasteiger partial charge on any atom is -0.872 e. The predicted octanol–water partition coefficient (Wildman–Crippen LogP) is 2.36. The van der Waals surface area contributed by atoms with Crippen LogP contribution in [0.4, 0.5) is 5.82 Å². The molecule has 0 aliphatic rings. The minimum atomic E-state index is -0.0488. The van der Waals surface area contributed by atoms with Crippen molar-refractivity contribution in [3.8, 4) is 17.1 Å². The molecule has 0 amide bonds. The Morgan fingerprint density at radius 3 is 2.55 bits per heavy atom. The molecule has 112 valence electrons. The average molecular weight is 293 g/mol. The van der Waals surface area contributed by atoms with E-state index < -0.39 is 0 Å². The van der Waals surface area contributed by atoms with Gasteiger partial charge in [-0.2, -0.15) is 4.98 Å². The smallest absolute Gasteiger partial charge is 0.236 e. The number of para-hydroxylation sites is 2. The molecule has 0 radical (unpaired) electrons. The molecule has 0 saturated carbocycles. The van der Waals surface area contributed by atoms with Gasteiger partial charge in [0.1, 0.15) is 0 Å². The highest BCUT2D eigenvalue weighted by atomic mass is 16.3. The number of hydrogen-bond acceptors (Lipinski definition) is 3. The Morgan fingerprint density at radius 1 is 1.05 bits per heavy atom. The number of rotatable bonds is 4. The van der Waals surface area contributed by atoms with Gasteiger partial charge >= 0.3 is 0 Å². The summed E-state index contributed by atoms with van der Waals surface area (Å²) >= 11 is 0. The van der Waals surface area contributed by atoms with Crippen LogP contribution >= 0.6 is 0 Å². The summed E-state index contributed by atoms with van der Waals surface area (Å²) in [6.45, 7) is 4.32. The van der Waals surface area contributed by atoms with Crippen LogP contribution in [0.1, 0.15) is 20.3 Å². The van der Waals surface area contributed by atoms with Crippen LogP contribution in [0.3, 0.4) is 0 Å². The zero-order valence-electron chi connectivity index (χ0n) is 12.8. The van der Waals surface area contributed by atoms with Crippen molar-refractivity contribution in [3.05, 3.63) is 48.5 Å². The monoisotopic (exact) mass is 293 g/mol. The van der Waals surface area contributed by atoms with Crippen LogP contribution in [0, 0.1) is 0 Å². The van der Waals surface area contributed by atoms with Crippen LogP contribution in [0.15, 0.2) is 48.5 Å². The van der Waals surface area contributed by atoms with E-state index in [-0.39, 0.29) is 5.75 Å². The minimum absolute atomic E-state index is 0.0488. The molecule has 0 aliphatic heterocycles. The van der Waals surface area contributed by atoms with Gasteiger partial charge in [-0.15, -0.1) is 0 Å². The SMILES string of the molecule is CCC(C)[NH2+]c1nc(-c2ccccc2[O-])nc2ccccc12. The quantitative estimate of drug-likeness (QED) is 0.803. The third-order valence-electron chi connectivity index (χ3n) is 3.85. The van der Waals surface area contributed by atoms with E-state index in [2.05, 4.69) is 29.1 Å². The van der Waals surface area contributed by atoms with E-state index in [1.165, 1.54) is 0 Å². The van der Waals surface area contributed by atoms with Crippen molar-refractivity contribution in [1.29, 1.82) is 0 Å². The second-order valence-electron chi connectivity index (χ2n) is 5.50. The molecule has 3 aromatic rings. The second-order valence-corrected chi connectivity index (χ2v) is 5.50. The van der Waals surface area contributed by atoms with E-state index in [0.29, 0.717) is 17.4 Å². The van der Waals surface area contributed by atoms with Crippen molar-refractivity contribution < 1.29 is 10.4 Å². The fourth-order valence-corrected chi connectivity index (χ4v) is 2.39. The van der Waals surface area contributed by atoms with Gasteiger partial charge in [-0.05, 0) is 25.5 Å². The highest BCUT2D eigenvalue weighted by Gasteiger charge is 2.14. The molecule has 1 heterocycles. The molecule has 0 spiro atoms. The van der Waals surface area contributed by atoms with Gasteiger partial charge in [-0.1, -0.05) is 49.1 Å². The lowest BCUT2D eigenvalue weighted by atomic mass is 10.1. The van der Waals surface area contributed by atoms with Gasteiger partial charge in [-0.3, -0.25) is 5.32 Å². The molecule has 4 nitrogen and oxygen atoms in total. The zero-order chi connectivity index (χ0) is 15.5. The summed E-state index contributed by atoms with van der Waals surface area (Å²) in [7, 11) is 0. The lowest BCUT2D eigenvalue weighted by molar-refractivity contribution is -0.609. The van der Waals surface area contributed by atoms with Gasteiger partial charge < -0.3 is 5.11 Å². The molecule has 1 aromatic heterocycles. The molecule has 0 bridgehead atoms. The standard InChI is InChI=1S/C18H19N3O/c1-3-12(2)19-17-13-8-4-6-10-15(13)20-18(21-17)14-9-5-7-11-16(14)22/h4-12,22H,3H2,1-2H3,(H,19,20,21). The maximum Gasteiger partial charge on any atom is 0.236 e. The van der Waals surface area contributed by atoms with Gasteiger partial charge in [0.2, 0.25) is 5.82 Å². The largest absolute Gasteiger partial charge is 0.872 e. The van der Waals surface area contributed by atoms with Crippen molar-refractivity contribution in [3.63, 3.8) is 0 Å². The topological polar surface area (TPSA) is 65.5 Å². The first-order valence-electron chi connectivity index (χ1n) is 7.57. The molecule has 0 fully saturated rings. The van der Waals surface area contributed by atoms with Crippen LogP contribution in [-0.4, -0.2) is 16.0 Å². The predicted molar refractivity (Wildman–Crippen MR) is 85.8 cm³/mol. The maximum atomic E-state index is 12.1. The van der Waals surface area contributed by atoms with E-state index >= 15 is 0 Å². The number of nitrogens with zero attached hydrogens (tertiary/aromatic N) is 2. The normalized spacial score (nSPS) is 12.5. The molecule has 2 N–H and O–H groups in total. The Hall–Kier alpha value is -2.46. The van der Waals surface area contributed by atoms with Gasteiger partial charge in [0, 0.05) is 5.56 Å². The van der Waals surface area contributed by atoms with Crippen molar-refractivity contribution in [2.24, 2.45) is 0 Å². The third kappa shape index (κ3) is 2.78. The molecule has 0 saturated heterocycles. The summed E-state index contributed by atoms with van der Waals surface area (Å²) < 4.78 is 0. The lowest BCUT2D eigenvalue weighted by Crippen LogP contribution is -2.84. The maximum absolute atomic E-state index is 12.1. The Labute approximate surface area is 129 Å². The van der Waals surface area contributed by atoms with Gasteiger partial charge in [0.25, 0.3) is 0 Å². The highest BCUT2D eigenvalue weighted by Crippen LogP contribution is 2.27. The molecule has 0 aliphatic carbocycles. The van der Waals surface area contributed by atoms with Crippen LogP contribution in [0.5, 0.6) is 5.75 Å². The molecular formula is C18H19N3O. The Bertz CT molecular complexity index is 801. The average Bonchev–Trinajstić information content (AvgIpc) is 2.55. The number of benzene rings is 2. The van der Waals surface area contributed by atoms with E-state index in [9.17, 15) is 5.11 Å². The van der Waals surface area contributed by atoms with Crippen molar-refractivity contribution in [2.75, 3.05) is 0 Å². The Kier molecular flexibility index (Phi) is 4.02. The molecule has 1 unspecified atom stereocenters. The number of hydrogen-bond donors (Lipinski definition) is 1. The molecule has 1 atom stereocenters. The third-order valence-corrected chi connectivity index (χ3v) is 3.85. The van der Waals surface area contributed by atoms with Crippen molar-refractivity contribution in [1.82, 2.24) is 9.97 Å². The molecule has 22 heavy (non-hydrogen) atoms. The fourth-order valence-electron chi connectivity index (χ4n) is 2.39. The Morgan fingerprint density at radius 2 is 1.77 bits per heavy atom. The Balaban J connectivity index is 2.18. The van der Waals surface area contributed by atoms with Crippen LogP contribution < -0.4 is 10.4 Å². The summed E-state index contributed by atoms with van der Waals surface area (Å²) in [6, 6.07) is 15.3. The van der Waals surface area contributed by atoms with Crippen molar-refractivity contribution in [2.45, 2.75) is 26.3 Å². The highest BCUT2D eigenvalue weighted by molar-refractivity contribution is 5.87. The number of quaternary nitrogens is 1. The molecule has 3 rings (SSSR count). The first-order valence-corrected chi connectivity index (χ1v) is 7.57. The van der Waals surface area contributed by atoms with Crippen LogP contribution in [-0.2, 0) is 0 Å². The van der Waals surface area contributed by atoms with E-state index in [1.54, 1.807) is 18.2 Å². The summed E-state index contributed by atoms with van der Waals surface area (Å²) in [5, 5.41) is 15.2. The second kappa shape index (κ2) is 6.12. The summed E-state index contributed by atoms with van der Waals surface area (Å²) in [6.07, 6.45) is 1.05. The van der Waals surface area contributed by atoms with E-state index in [4.69, 9.17) is 0 Å². The molecular weight excluding hydrogens is 274 g/mol. The number of fused-ring (bicyclic) bond motifs is 1. The van der Waals surface area contributed by atoms with E-state index in [0.717, 1.165) is 23.1 Å². The fraction of sp³-hybridized carbons (Fsp3) is 0.222. The van der Waals surface area contributed by atoms with Gasteiger partial charge in [0.05, 0.1) is 16.9 Å². The van der Waals surface area contributed by atoms with E-state index in [1.807, 2.05) is 30.3 Å². The lowest BCUT2D eigenvalue weighted by Gasteiger charge is -2.14. The van der Waals surface area contributed by atoms with Crippen molar-refractivity contribution >= 4 is 16.7 Å². The first kappa shape index (κ1) is 14.5. The molecule has 2 aromatic carbocycles. The molecule has 4 heteroatoms. The number of aromatic nitrogens is 2. The van der Waals surface area contributed by atoms with Gasteiger partial charge in [0.15, 0.2) is 5.82 Å². The van der Waals surface area contributed by atoms with Gasteiger partial charge in [-0.25, -0.2) is 4.98 Å². The summed E-state index contributed by atoms with van der Waals surface area (Å²) in [5.74, 6) is 1.35. The number of nitrogens with two attached hydrogens (primary N) is 1. The summed E-state index contributed by atoms with van der Waals surface area (Å²) in [4.78, 5) is 9.22. The van der Waals surface area contributed by atoms with Crippen LogP contribution in [0.2, 0.25) is 0 Å².